The van der Waals surface area contributed by atoms with Crippen molar-refractivity contribution >= 4 is 11.9 Å². The first-order valence-corrected chi connectivity index (χ1v) is 8.49. The van der Waals surface area contributed by atoms with Crippen LogP contribution in [-0.2, 0) is 10.3 Å². The van der Waals surface area contributed by atoms with Crippen LogP contribution in [0.1, 0.15) is 25.8 Å². The van der Waals surface area contributed by atoms with Gasteiger partial charge in [0.15, 0.2) is 11.5 Å². The molecule has 1 atom stereocenters. The van der Waals surface area contributed by atoms with Gasteiger partial charge in [-0.25, -0.2) is 4.99 Å². The Kier molecular flexibility index (Phi) is 3.31. The lowest BCUT2D eigenvalue weighted by atomic mass is 9.77. The minimum Gasteiger partial charge on any atom is -0.507 e. The lowest BCUT2D eigenvalue weighted by Crippen LogP contribution is -2.49. The Labute approximate surface area is 151 Å². The quantitative estimate of drug-likeness (QED) is 0.827. The number of ether oxygens (including phenoxy) is 1. The number of aliphatic imine (C=N–C) groups is 1. The van der Waals surface area contributed by atoms with E-state index in [9.17, 15) is 9.90 Å². The van der Waals surface area contributed by atoms with E-state index < -0.39 is 11.1 Å². The summed E-state index contributed by atoms with van der Waals surface area (Å²) < 4.78 is 6.10. The van der Waals surface area contributed by atoms with Crippen LogP contribution in [0.4, 0.5) is 0 Å². The van der Waals surface area contributed by atoms with Gasteiger partial charge in [-0.05, 0) is 37.6 Å². The predicted molar refractivity (Wildman–Crippen MR) is 98.9 cm³/mol. The number of guanidine groups is 1. The molecule has 2 aliphatic rings. The summed E-state index contributed by atoms with van der Waals surface area (Å²) >= 11 is 0. The number of fused-ring (bicyclic) bond motifs is 2. The fourth-order valence-electron chi connectivity index (χ4n) is 3.86. The molecule has 2 aromatic carbocycles. The highest BCUT2D eigenvalue weighted by atomic mass is 16.5. The molecule has 0 bridgehead atoms. The van der Waals surface area contributed by atoms with Crippen molar-refractivity contribution in [3.63, 3.8) is 0 Å². The standard InChI is InChI=1S/C20H21N3O3/c1-19(2)11-20(17(25)23(3)18(21)22-20)14-10-12(8-9-16(14)26-19)13-6-4-5-7-15(13)24/h4-10,24H,11H2,1-3H3,(H2,21,22). The van der Waals surface area contributed by atoms with E-state index in [1.165, 1.54) is 4.90 Å². The van der Waals surface area contributed by atoms with Gasteiger partial charge >= 0.3 is 0 Å². The van der Waals surface area contributed by atoms with Crippen LogP contribution in [-0.4, -0.2) is 34.5 Å². The number of carbonyl (C=O) groups excluding carboxylic acids is 1. The fourth-order valence-corrected chi connectivity index (χ4v) is 3.86. The van der Waals surface area contributed by atoms with Crippen LogP contribution in [0.5, 0.6) is 11.5 Å². The number of aromatic hydroxyl groups is 1. The van der Waals surface area contributed by atoms with E-state index in [2.05, 4.69) is 4.99 Å². The average molecular weight is 351 g/mol. The van der Waals surface area contributed by atoms with Crippen LogP contribution >= 0.6 is 0 Å². The molecule has 0 aromatic heterocycles. The van der Waals surface area contributed by atoms with Crippen LogP contribution < -0.4 is 10.5 Å². The number of para-hydroxylation sites is 1. The summed E-state index contributed by atoms with van der Waals surface area (Å²) in [5, 5.41) is 10.2. The van der Waals surface area contributed by atoms with Crippen molar-refractivity contribution in [3.05, 3.63) is 48.0 Å². The summed E-state index contributed by atoms with van der Waals surface area (Å²) in [6.45, 7) is 3.87. The highest BCUT2D eigenvalue weighted by Crippen LogP contribution is 2.50. The normalized spacial score (nSPS) is 23.6. The molecule has 4 rings (SSSR count). The van der Waals surface area contributed by atoms with Crippen molar-refractivity contribution in [2.75, 3.05) is 7.05 Å². The zero-order valence-corrected chi connectivity index (χ0v) is 15.0. The summed E-state index contributed by atoms with van der Waals surface area (Å²) in [7, 11) is 1.63. The minimum atomic E-state index is -1.10. The van der Waals surface area contributed by atoms with Crippen molar-refractivity contribution in [2.45, 2.75) is 31.4 Å². The van der Waals surface area contributed by atoms with Crippen LogP contribution in [0.15, 0.2) is 47.5 Å². The van der Waals surface area contributed by atoms with Gasteiger partial charge in [-0.3, -0.25) is 9.69 Å². The van der Waals surface area contributed by atoms with Crippen molar-refractivity contribution in [3.8, 4) is 22.6 Å². The number of benzene rings is 2. The van der Waals surface area contributed by atoms with E-state index in [1.54, 1.807) is 19.2 Å². The largest absolute Gasteiger partial charge is 0.507 e. The van der Waals surface area contributed by atoms with Crippen LogP contribution in [0.2, 0.25) is 0 Å². The first kappa shape index (κ1) is 16.4. The topological polar surface area (TPSA) is 88.2 Å². The summed E-state index contributed by atoms with van der Waals surface area (Å²) in [4.78, 5) is 19.0. The second-order valence-corrected chi connectivity index (χ2v) is 7.46. The Morgan fingerprint density at radius 1 is 1.23 bits per heavy atom. The molecule has 0 aliphatic carbocycles. The molecule has 0 saturated carbocycles. The molecule has 26 heavy (non-hydrogen) atoms. The van der Waals surface area contributed by atoms with Gasteiger partial charge in [-0.2, -0.15) is 0 Å². The lowest BCUT2D eigenvalue weighted by Gasteiger charge is -2.41. The van der Waals surface area contributed by atoms with Gasteiger partial charge in [0.1, 0.15) is 17.1 Å². The minimum absolute atomic E-state index is 0.165. The van der Waals surface area contributed by atoms with Gasteiger partial charge in [0, 0.05) is 24.6 Å². The van der Waals surface area contributed by atoms with E-state index in [4.69, 9.17) is 10.5 Å². The Bertz CT molecular complexity index is 951. The molecule has 2 aliphatic heterocycles. The third-order valence-corrected chi connectivity index (χ3v) is 5.02. The van der Waals surface area contributed by atoms with E-state index in [1.807, 2.05) is 44.2 Å². The van der Waals surface area contributed by atoms with Crippen molar-refractivity contribution < 1.29 is 14.6 Å². The molecule has 0 saturated heterocycles. The Balaban J connectivity index is 1.95. The molecular formula is C20H21N3O3. The van der Waals surface area contributed by atoms with Gasteiger partial charge in [0.05, 0.1) is 0 Å². The number of phenolic OH excluding ortho intramolecular Hbond substituents is 1. The van der Waals surface area contributed by atoms with Crippen LogP contribution in [0.3, 0.4) is 0 Å². The molecule has 6 nitrogen and oxygen atoms in total. The molecule has 1 spiro atoms. The SMILES string of the molecule is CN1C(=O)C2(CC(C)(C)Oc3ccc(-c4ccccc4O)cc32)N=C1N. The molecule has 134 valence electrons. The molecule has 2 heterocycles. The zero-order chi connectivity index (χ0) is 18.7. The van der Waals surface area contributed by atoms with Gasteiger partial charge in [0.2, 0.25) is 0 Å². The first-order chi connectivity index (χ1) is 12.2. The first-order valence-electron chi connectivity index (χ1n) is 8.49. The van der Waals surface area contributed by atoms with E-state index in [0.29, 0.717) is 23.3 Å². The molecule has 0 radical (unpaired) electrons. The number of carbonyl (C=O) groups is 1. The van der Waals surface area contributed by atoms with Crippen molar-refractivity contribution in [1.82, 2.24) is 4.90 Å². The number of likely N-dealkylation sites (N-methyl/N-ethyl adjacent to an activating group) is 1. The molecule has 0 fully saturated rings. The summed E-state index contributed by atoms with van der Waals surface area (Å²) in [6, 6.07) is 12.7. The third kappa shape index (κ3) is 2.25. The maximum absolute atomic E-state index is 13.1. The van der Waals surface area contributed by atoms with E-state index in [0.717, 1.165) is 5.56 Å². The Hall–Kier alpha value is -3.02. The molecule has 1 amide bonds. The molecular weight excluding hydrogens is 330 g/mol. The Morgan fingerprint density at radius 3 is 2.62 bits per heavy atom. The van der Waals surface area contributed by atoms with Gasteiger partial charge in [-0.15, -0.1) is 0 Å². The van der Waals surface area contributed by atoms with Crippen LogP contribution in [0.25, 0.3) is 11.1 Å². The predicted octanol–water partition coefficient (Wildman–Crippen LogP) is 2.60. The molecule has 1 unspecified atom stereocenters. The van der Waals surface area contributed by atoms with E-state index in [-0.39, 0.29) is 17.6 Å². The third-order valence-electron chi connectivity index (χ3n) is 5.02. The number of hydrogen-bond acceptors (Lipinski definition) is 5. The maximum atomic E-state index is 13.1. The van der Waals surface area contributed by atoms with Gasteiger partial charge in [0.25, 0.3) is 5.91 Å². The second-order valence-electron chi connectivity index (χ2n) is 7.46. The highest BCUT2D eigenvalue weighted by Gasteiger charge is 2.55. The average Bonchev–Trinajstić information content (AvgIpc) is 2.79. The van der Waals surface area contributed by atoms with Crippen LogP contribution in [0, 0.1) is 0 Å². The number of rotatable bonds is 1. The molecule has 3 N–H and O–H groups in total. The van der Waals surface area contributed by atoms with Gasteiger partial charge < -0.3 is 15.6 Å². The second kappa shape index (κ2) is 5.24. The Morgan fingerprint density at radius 2 is 1.96 bits per heavy atom. The van der Waals surface area contributed by atoms with Crippen molar-refractivity contribution in [2.24, 2.45) is 10.7 Å². The monoisotopic (exact) mass is 351 g/mol. The smallest absolute Gasteiger partial charge is 0.261 e. The number of nitrogens with zero attached hydrogens (tertiary/aromatic N) is 2. The maximum Gasteiger partial charge on any atom is 0.261 e. The number of nitrogens with two attached hydrogens (primary N) is 1. The molecule has 2 aromatic rings. The zero-order valence-electron chi connectivity index (χ0n) is 15.0. The summed E-state index contributed by atoms with van der Waals surface area (Å²) in [5.74, 6) is 0.825. The summed E-state index contributed by atoms with van der Waals surface area (Å²) in [5.41, 5.74) is 6.46. The highest BCUT2D eigenvalue weighted by molar-refractivity contribution is 6.07. The number of phenols is 1. The van der Waals surface area contributed by atoms with Gasteiger partial charge in [-0.1, -0.05) is 24.3 Å². The van der Waals surface area contributed by atoms with E-state index >= 15 is 0 Å². The number of hydrogen-bond donors (Lipinski definition) is 2. The number of amides is 1. The van der Waals surface area contributed by atoms with Crippen molar-refractivity contribution in [1.29, 1.82) is 0 Å². The lowest BCUT2D eigenvalue weighted by molar-refractivity contribution is -0.133. The molecule has 6 heteroatoms. The fraction of sp³-hybridized carbons (Fsp3) is 0.300. The summed E-state index contributed by atoms with van der Waals surface area (Å²) in [6.07, 6.45) is 0.390.